The van der Waals surface area contributed by atoms with E-state index in [0.29, 0.717) is 24.1 Å². The summed E-state index contributed by atoms with van der Waals surface area (Å²) < 4.78 is 42.0. The average Bonchev–Trinajstić information content (AvgIpc) is 2.78. The number of halogens is 5. The van der Waals surface area contributed by atoms with E-state index in [1.54, 1.807) is 18.2 Å². The van der Waals surface area contributed by atoms with Gasteiger partial charge in [-0.3, -0.25) is 0 Å². The van der Waals surface area contributed by atoms with Crippen LogP contribution in [0.5, 0.6) is 5.75 Å². The van der Waals surface area contributed by atoms with Gasteiger partial charge in [0.1, 0.15) is 11.6 Å². The number of benzene rings is 2. The van der Waals surface area contributed by atoms with Crippen LogP contribution in [0.15, 0.2) is 42.5 Å². The predicted molar refractivity (Wildman–Crippen MR) is 144 cm³/mol. The minimum atomic E-state index is -4.69. The number of aromatic nitrogens is 1. The maximum absolute atomic E-state index is 12.6. The van der Waals surface area contributed by atoms with E-state index in [1.165, 1.54) is 6.07 Å². The molecule has 0 spiro atoms. The van der Waals surface area contributed by atoms with Crippen LogP contribution >= 0.6 is 24.8 Å². The second-order valence-corrected chi connectivity index (χ2v) is 9.12. The third kappa shape index (κ3) is 7.31. The number of alkyl halides is 3. The van der Waals surface area contributed by atoms with Crippen LogP contribution in [-0.4, -0.2) is 23.9 Å². The van der Waals surface area contributed by atoms with Crippen molar-refractivity contribution < 1.29 is 17.9 Å². The maximum atomic E-state index is 12.6. The molecule has 0 unspecified atom stereocenters. The van der Waals surface area contributed by atoms with E-state index in [9.17, 15) is 13.2 Å². The topological polar surface area (TPSA) is 72.2 Å². The first-order chi connectivity index (χ1) is 16.2. The van der Waals surface area contributed by atoms with Crippen LogP contribution in [0.1, 0.15) is 42.4 Å². The number of hydrogen-bond acceptors (Lipinski definition) is 5. The van der Waals surface area contributed by atoms with Crippen molar-refractivity contribution in [3.63, 3.8) is 0 Å². The molecule has 5 nitrogen and oxygen atoms in total. The van der Waals surface area contributed by atoms with Gasteiger partial charge in [-0.25, -0.2) is 4.98 Å². The summed E-state index contributed by atoms with van der Waals surface area (Å²) in [5.74, 6) is 1.17. The summed E-state index contributed by atoms with van der Waals surface area (Å²) >= 11 is 0. The molecule has 1 aliphatic rings. The SMILES string of the molecule is Cc1c(NC2CCC(CNCc3ccccc3OC(F)(F)F)CC2)nc2cccc(C)c2c1N.Cl.Cl. The van der Waals surface area contributed by atoms with Crippen LogP contribution in [0.3, 0.4) is 0 Å². The first-order valence-electron chi connectivity index (χ1n) is 11.7. The zero-order chi connectivity index (χ0) is 24.3. The van der Waals surface area contributed by atoms with E-state index < -0.39 is 6.36 Å². The van der Waals surface area contributed by atoms with Crippen LogP contribution in [0.25, 0.3) is 10.9 Å². The van der Waals surface area contributed by atoms with Gasteiger partial charge < -0.3 is 21.1 Å². The fraction of sp³-hybridized carbons (Fsp3) is 0.423. The smallest absolute Gasteiger partial charge is 0.405 e. The number of para-hydroxylation sites is 1. The van der Waals surface area contributed by atoms with Crippen molar-refractivity contribution in [3.8, 4) is 5.75 Å². The van der Waals surface area contributed by atoms with Crippen molar-refractivity contribution in [3.05, 3.63) is 59.2 Å². The Bertz CT molecular complexity index is 1150. The molecular weight excluding hydrogens is 512 g/mol. The van der Waals surface area contributed by atoms with E-state index in [2.05, 4.69) is 15.4 Å². The molecule has 4 rings (SSSR count). The van der Waals surface area contributed by atoms with Gasteiger partial charge in [-0.1, -0.05) is 30.3 Å². The molecule has 198 valence electrons. The number of fused-ring (bicyclic) bond motifs is 1. The normalized spacial score (nSPS) is 17.7. The Hall–Kier alpha value is -2.42. The largest absolute Gasteiger partial charge is 0.573 e. The molecule has 1 aromatic heterocycles. The fourth-order valence-corrected chi connectivity index (χ4v) is 4.75. The zero-order valence-corrected chi connectivity index (χ0v) is 22.0. The van der Waals surface area contributed by atoms with Crippen molar-refractivity contribution in [2.75, 3.05) is 17.6 Å². The van der Waals surface area contributed by atoms with E-state index in [1.807, 2.05) is 32.0 Å². The zero-order valence-electron chi connectivity index (χ0n) is 20.3. The lowest BCUT2D eigenvalue weighted by molar-refractivity contribution is -0.274. The monoisotopic (exact) mass is 544 g/mol. The van der Waals surface area contributed by atoms with Gasteiger partial charge in [-0.2, -0.15) is 0 Å². The predicted octanol–water partition coefficient (Wildman–Crippen LogP) is 6.94. The van der Waals surface area contributed by atoms with E-state index >= 15 is 0 Å². The molecule has 0 atom stereocenters. The lowest BCUT2D eigenvalue weighted by Crippen LogP contribution is -2.31. The molecule has 1 heterocycles. The highest BCUT2D eigenvalue weighted by Gasteiger charge is 2.32. The molecule has 3 aromatic rings. The third-order valence-electron chi connectivity index (χ3n) is 6.65. The Balaban J connectivity index is 0.00000228. The van der Waals surface area contributed by atoms with Gasteiger partial charge in [0, 0.05) is 34.8 Å². The molecule has 0 aliphatic heterocycles. The highest BCUT2D eigenvalue weighted by atomic mass is 35.5. The Morgan fingerprint density at radius 1 is 1.00 bits per heavy atom. The molecular formula is C26H33Cl2F3N4O. The van der Waals surface area contributed by atoms with E-state index in [-0.39, 0.29) is 30.6 Å². The number of ether oxygens (including phenoxy) is 1. The van der Waals surface area contributed by atoms with Crippen molar-refractivity contribution >= 4 is 47.2 Å². The van der Waals surface area contributed by atoms with Crippen LogP contribution < -0.4 is 21.1 Å². The molecule has 1 saturated carbocycles. The molecule has 0 amide bonds. The Kier molecular flexibility index (Phi) is 10.5. The molecule has 1 aliphatic carbocycles. The van der Waals surface area contributed by atoms with Crippen LogP contribution in [0, 0.1) is 19.8 Å². The Morgan fingerprint density at radius 3 is 2.39 bits per heavy atom. The lowest BCUT2D eigenvalue weighted by Gasteiger charge is -2.30. The van der Waals surface area contributed by atoms with Gasteiger partial charge in [-0.05, 0) is 69.7 Å². The number of nitrogens with two attached hydrogens (primary N) is 1. The second-order valence-electron chi connectivity index (χ2n) is 9.12. The van der Waals surface area contributed by atoms with Gasteiger partial charge in [0.25, 0.3) is 0 Å². The fourth-order valence-electron chi connectivity index (χ4n) is 4.75. The minimum Gasteiger partial charge on any atom is -0.405 e. The summed E-state index contributed by atoms with van der Waals surface area (Å²) in [6, 6.07) is 12.6. The molecule has 4 N–H and O–H groups in total. The molecule has 2 aromatic carbocycles. The second kappa shape index (κ2) is 12.7. The number of hydrogen-bond donors (Lipinski definition) is 3. The lowest BCUT2D eigenvalue weighted by atomic mass is 9.86. The molecule has 1 fully saturated rings. The number of pyridine rings is 1. The molecule has 0 saturated heterocycles. The maximum Gasteiger partial charge on any atom is 0.573 e. The van der Waals surface area contributed by atoms with E-state index in [0.717, 1.165) is 65.8 Å². The minimum absolute atomic E-state index is 0. The van der Waals surface area contributed by atoms with Crippen molar-refractivity contribution in [2.45, 2.75) is 58.5 Å². The number of anilines is 2. The van der Waals surface area contributed by atoms with Crippen molar-refractivity contribution in [1.29, 1.82) is 0 Å². The van der Waals surface area contributed by atoms with Crippen LogP contribution in [0.4, 0.5) is 24.7 Å². The Morgan fingerprint density at radius 2 is 1.69 bits per heavy atom. The summed E-state index contributed by atoms with van der Waals surface area (Å²) in [5.41, 5.74) is 10.7. The van der Waals surface area contributed by atoms with Gasteiger partial charge in [0.2, 0.25) is 0 Å². The van der Waals surface area contributed by atoms with Gasteiger partial charge in [0.05, 0.1) is 5.52 Å². The quantitative estimate of drug-likeness (QED) is 0.300. The number of nitrogen functional groups attached to an aromatic ring is 1. The highest BCUT2D eigenvalue weighted by molar-refractivity contribution is 5.96. The average molecular weight is 545 g/mol. The van der Waals surface area contributed by atoms with Gasteiger partial charge in [-0.15, -0.1) is 38.0 Å². The van der Waals surface area contributed by atoms with Gasteiger partial charge >= 0.3 is 6.36 Å². The number of nitrogens with zero attached hydrogens (tertiary/aromatic N) is 1. The first kappa shape index (κ1) is 29.8. The number of nitrogens with one attached hydrogen (secondary N) is 2. The number of rotatable bonds is 7. The van der Waals surface area contributed by atoms with Gasteiger partial charge in [0.15, 0.2) is 0 Å². The summed E-state index contributed by atoms with van der Waals surface area (Å²) in [7, 11) is 0. The summed E-state index contributed by atoms with van der Waals surface area (Å²) in [5, 5.41) is 7.92. The number of aryl methyl sites for hydroxylation is 1. The third-order valence-corrected chi connectivity index (χ3v) is 6.65. The molecule has 0 bridgehead atoms. The standard InChI is InChI=1S/C26H31F3N4O.2ClH/c1-16-6-5-8-21-23(16)24(30)17(2)25(33-21)32-20-12-10-18(11-13-20)14-31-15-19-7-3-4-9-22(19)34-26(27,28)29;;/h3-9,18,20,31H,10-15H2,1-2H3,(H3,30,32,33);2*1H. The molecule has 0 radical (unpaired) electrons. The summed E-state index contributed by atoms with van der Waals surface area (Å²) in [6.45, 7) is 5.15. The highest BCUT2D eigenvalue weighted by Crippen LogP contribution is 2.33. The molecule has 10 heteroatoms. The van der Waals surface area contributed by atoms with E-state index in [4.69, 9.17) is 10.7 Å². The molecule has 36 heavy (non-hydrogen) atoms. The van der Waals surface area contributed by atoms with Crippen molar-refractivity contribution in [1.82, 2.24) is 10.3 Å². The summed E-state index contributed by atoms with van der Waals surface area (Å²) in [4.78, 5) is 4.83. The van der Waals surface area contributed by atoms with Crippen LogP contribution in [0.2, 0.25) is 0 Å². The summed E-state index contributed by atoms with van der Waals surface area (Å²) in [6.07, 6.45) is -0.609. The first-order valence-corrected chi connectivity index (χ1v) is 11.7. The van der Waals surface area contributed by atoms with Crippen LogP contribution in [-0.2, 0) is 6.54 Å². The van der Waals surface area contributed by atoms with Crippen molar-refractivity contribution in [2.24, 2.45) is 5.92 Å². The Labute approximate surface area is 222 Å².